The van der Waals surface area contributed by atoms with E-state index in [9.17, 15) is 13.9 Å². The van der Waals surface area contributed by atoms with Crippen molar-refractivity contribution in [2.45, 2.75) is 0 Å². The molecule has 0 saturated heterocycles. The average molecular weight is 263 g/mol. The minimum Gasteiger partial charge on any atom is -0.504 e. The smallest absolute Gasteiger partial charge is 0.168 e. The van der Waals surface area contributed by atoms with Crippen molar-refractivity contribution in [3.63, 3.8) is 0 Å². The van der Waals surface area contributed by atoms with Crippen LogP contribution in [0.2, 0.25) is 0 Å². The molecular weight excluding hydrogens is 256 g/mol. The number of hydrogen-bond acceptors (Lipinski definition) is 3. The number of fused-ring (bicyclic) bond motifs is 1. The number of hydrogen-bond donors (Lipinski definition) is 1. The lowest BCUT2D eigenvalue weighted by Crippen LogP contribution is -1.85. The molecular formula is C13H7F2NOS. The first-order chi connectivity index (χ1) is 8.65. The van der Waals surface area contributed by atoms with Crippen molar-refractivity contribution < 1.29 is 13.9 Å². The Morgan fingerprint density at radius 3 is 2.67 bits per heavy atom. The molecule has 0 spiro atoms. The van der Waals surface area contributed by atoms with Crippen LogP contribution in [0.5, 0.6) is 5.75 Å². The molecule has 0 aliphatic heterocycles. The molecule has 0 saturated carbocycles. The molecule has 1 heterocycles. The molecule has 0 aliphatic rings. The summed E-state index contributed by atoms with van der Waals surface area (Å²) in [6.45, 7) is 0. The lowest BCUT2D eigenvalue weighted by atomic mass is 10.2. The number of rotatable bonds is 1. The minimum absolute atomic E-state index is 0.0775. The fourth-order valence-corrected chi connectivity index (χ4v) is 2.70. The van der Waals surface area contributed by atoms with Gasteiger partial charge in [-0.25, -0.2) is 13.8 Å². The molecule has 0 fully saturated rings. The van der Waals surface area contributed by atoms with Gasteiger partial charge in [-0.15, -0.1) is 11.3 Å². The van der Waals surface area contributed by atoms with Crippen molar-refractivity contribution in [3.05, 3.63) is 48.0 Å². The Hall–Kier alpha value is -2.01. The quantitative estimate of drug-likeness (QED) is 0.721. The predicted molar refractivity (Wildman–Crippen MR) is 66.6 cm³/mol. The number of aromatic hydroxyl groups is 1. The molecule has 90 valence electrons. The number of benzene rings is 2. The Balaban J connectivity index is 2.26. The van der Waals surface area contributed by atoms with E-state index >= 15 is 0 Å². The highest BCUT2D eigenvalue weighted by Crippen LogP contribution is 2.36. The molecule has 3 rings (SSSR count). The minimum atomic E-state index is -0.982. The first-order valence-electron chi connectivity index (χ1n) is 5.19. The Bertz CT molecular complexity index is 706. The first-order valence-corrected chi connectivity index (χ1v) is 6.01. The van der Waals surface area contributed by atoms with E-state index in [-0.39, 0.29) is 5.56 Å². The van der Waals surface area contributed by atoms with Gasteiger partial charge in [0.2, 0.25) is 0 Å². The summed E-state index contributed by atoms with van der Waals surface area (Å²) in [5.74, 6) is -2.29. The van der Waals surface area contributed by atoms with Crippen LogP contribution in [0.3, 0.4) is 0 Å². The van der Waals surface area contributed by atoms with Gasteiger partial charge < -0.3 is 5.11 Å². The maximum absolute atomic E-state index is 13.3. The van der Waals surface area contributed by atoms with E-state index in [1.807, 2.05) is 24.3 Å². The number of thiazole rings is 1. The van der Waals surface area contributed by atoms with E-state index in [1.165, 1.54) is 11.3 Å². The SMILES string of the molecule is Oc1c(F)cc(F)cc1-c1nc2ccccc2s1. The summed E-state index contributed by atoms with van der Waals surface area (Å²) in [7, 11) is 0. The standard InChI is InChI=1S/C13H7F2NOS/c14-7-5-8(12(17)9(15)6-7)13-16-10-3-1-2-4-11(10)18-13/h1-6,17H. The molecule has 2 aromatic carbocycles. The third-order valence-electron chi connectivity index (χ3n) is 2.55. The highest BCUT2D eigenvalue weighted by Gasteiger charge is 2.15. The summed E-state index contributed by atoms with van der Waals surface area (Å²) >= 11 is 1.28. The highest BCUT2D eigenvalue weighted by molar-refractivity contribution is 7.21. The zero-order valence-electron chi connectivity index (χ0n) is 9.02. The van der Waals surface area contributed by atoms with E-state index in [0.717, 1.165) is 16.3 Å². The molecule has 3 aromatic rings. The van der Waals surface area contributed by atoms with Crippen LogP contribution in [0, 0.1) is 11.6 Å². The van der Waals surface area contributed by atoms with E-state index in [1.54, 1.807) is 0 Å². The summed E-state index contributed by atoms with van der Waals surface area (Å²) < 4.78 is 27.3. The molecule has 2 nitrogen and oxygen atoms in total. The van der Waals surface area contributed by atoms with Crippen LogP contribution in [0.25, 0.3) is 20.8 Å². The zero-order valence-corrected chi connectivity index (χ0v) is 9.84. The van der Waals surface area contributed by atoms with Gasteiger partial charge in [0.1, 0.15) is 10.8 Å². The summed E-state index contributed by atoms with van der Waals surface area (Å²) in [4.78, 5) is 4.25. The molecule has 0 aliphatic carbocycles. The van der Waals surface area contributed by atoms with Crippen LogP contribution in [0.1, 0.15) is 0 Å². The van der Waals surface area contributed by atoms with E-state index < -0.39 is 17.4 Å². The summed E-state index contributed by atoms with van der Waals surface area (Å²) in [6.07, 6.45) is 0. The Morgan fingerprint density at radius 1 is 1.11 bits per heavy atom. The van der Waals surface area contributed by atoms with Crippen LogP contribution in [0.15, 0.2) is 36.4 Å². The van der Waals surface area contributed by atoms with Crippen molar-refractivity contribution in [3.8, 4) is 16.3 Å². The van der Waals surface area contributed by atoms with Gasteiger partial charge in [-0.1, -0.05) is 12.1 Å². The van der Waals surface area contributed by atoms with Gasteiger partial charge in [0.15, 0.2) is 11.6 Å². The Kier molecular flexibility index (Phi) is 2.48. The fraction of sp³-hybridized carbons (Fsp3) is 0. The molecule has 0 amide bonds. The maximum atomic E-state index is 13.3. The molecule has 1 N–H and O–H groups in total. The van der Waals surface area contributed by atoms with Gasteiger partial charge in [-0.3, -0.25) is 0 Å². The van der Waals surface area contributed by atoms with Crippen LogP contribution in [-0.4, -0.2) is 10.1 Å². The third-order valence-corrected chi connectivity index (χ3v) is 3.62. The second-order valence-corrected chi connectivity index (χ2v) is 4.80. The van der Waals surface area contributed by atoms with Crippen molar-refractivity contribution >= 4 is 21.6 Å². The lowest BCUT2D eigenvalue weighted by molar-refractivity contribution is 0.430. The predicted octanol–water partition coefficient (Wildman–Crippen LogP) is 3.95. The van der Waals surface area contributed by atoms with E-state index in [4.69, 9.17) is 0 Å². The van der Waals surface area contributed by atoms with Crippen molar-refractivity contribution in [2.75, 3.05) is 0 Å². The van der Waals surface area contributed by atoms with Crippen LogP contribution >= 0.6 is 11.3 Å². The van der Waals surface area contributed by atoms with Gasteiger partial charge in [0.05, 0.1) is 15.8 Å². The third kappa shape index (κ3) is 1.73. The second-order valence-electron chi connectivity index (χ2n) is 3.77. The Labute approximate surface area is 105 Å². The monoisotopic (exact) mass is 263 g/mol. The molecule has 18 heavy (non-hydrogen) atoms. The summed E-state index contributed by atoms with van der Waals surface area (Å²) in [6, 6.07) is 9.08. The van der Waals surface area contributed by atoms with Crippen molar-refractivity contribution in [1.82, 2.24) is 4.98 Å². The number of nitrogens with zero attached hydrogens (tertiary/aromatic N) is 1. The second kappa shape index (κ2) is 4.03. The number of aromatic nitrogens is 1. The van der Waals surface area contributed by atoms with Crippen molar-refractivity contribution in [1.29, 1.82) is 0 Å². The summed E-state index contributed by atoms with van der Waals surface area (Å²) in [5.41, 5.74) is 0.815. The number of para-hydroxylation sites is 1. The van der Waals surface area contributed by atoms with Crippen LogP contribution in [-0.2, 0) is 0 Å². The fourth-order valence-electron chi connectivity index (χ4n) is 1.72. The molecule has 0 unspecified atom stereocenters. The molecule has 0 atom stereocenters. The normalized spacial score (nSPS) is 11.0. The van der Waals surface area contributed by atoms with E-state index in [2.05, 4.69) is 4.98 Å². The first kappa shape index (κ1) is 11.1. The maximum Gasteiger partial charge on any atom is 0.168 e. The molecule has 0 bridgehead atoms. The van der Waals surface area contributed by atoms with Gasteiger partial charge in [-0.2, -0.15) is 0 Å². The van der Waals surface area contributed by atoms with E-state index in [0.29, 0.717) is 11.1 Å². The average Bonchev–Trinajstić information content (AvgIpc) is 2.77. The number of phenolic OH excluding ortho intramolecular Hbond substituents is 1. The number of halogens is 2. The molecule has 0 radical (unpaired) electrons. The highest BCUT2D eigenvalue weighted by atomic mass is 32.1. The van der Waals surface area contributed by atoms with Crippen LogP contribution < -0.4 is 0 Å². The summed E-state index contributed by atoms with van der Waals surface area (Å²) in [5, 5.41) is 10.0. The number of phenols is 1. The zero-order chi connectivity index (χ0) is 12.7. The van der Waals surface area contributed by atoms with Crippen LogP contribution in [0.4, 0.5) is 8.78 Å². The van der Waals surface area contributed by atoms with Gasteiger partial charge in [0, 0.05) is 6.07 Å². The van der Waals surface area contributed by atoms with Gasteiger partial charge in [-0.05, 0) is 18.2 Å². The molecule has 1 aromatic heterocycles. The topological polar surface area (TPSA) is 33.1 Å². The van der Waals surface area contributed by atoms with Gasteiger partial charge in [0.25, 0.3) is 0 Å². The van der Waals surface area contributed by atoms with Crippen molar-refractivity contribution in [2.24, 2.45) is 0 Å². The molecule has 5 heteroatoms. The largest absolute Gasteiger partial charge is 0.504 e. The lowest BCUT2D eigenvalue weighted by Gasteiger charge is -2.02. The van der Waals surface area contributed by atoms with Gasteiger partial charge >= 0.3 is 0 Å². The Morgan fingerprint density at radius 2 is 1.89 bits per heavy atom.